The summed E-state index contributed by atoms with van der Waals surface area (Å²) in [6.45, 7) is 5.74. The van der Waals surface area contributed by atoms with E-state index < -0.39 is 115 Å². The van der Waals surface area contributed by atoms with Crippen LogP contribution in [0.25, 0.3) is 99.8 Å². The second-order valence-corrected chi connectivity index (χ2v) is 17.1. The Balaban J connectivity index is 0.00000800. The molecule has 9 aromatic carbocycles. The number of hydrogen-bond acceptors (Lipinski definition) is 2. The molecule has 4 heterocycles. The molecular weight excluding hydrogens is 1060 g/mol. The molecule has 0 spiro atoms. The molecule has 350 valence electrons. The summed E-state index contributed by atoms with van der Waals surface area (Å²) in [7, 11) is 0. The van der Waals surface area contributed by atoms with E-state index in [0.29, 0.717) is 55.6 Å². The minimum atomic E-state index is -1.04. The molecule has 72 heavy (non-hydrogen) atoms. The van der Waals surface area contributed by atoms with Crippen LogP contribution in [0, 0.1) is 24.4 Å². The molecule has 0 radical (unpaired) electrons. The standard InChI is InChI=1S/C65H47N5O.Pt/c1-43(2)44(3)47-36-37-66-64(38-47)70-60-35-32-49(69-58-28-12-10-24-54(58)55-25-11-13-29-59(55)69)40-57(60)56-34-33-51(41-63(56)70)71-50-23-16-22-48(39-50)67-42-68(62-31-15-14-30-61(62)67)65-52(45-18-6-4-7-19-45)26-17-27-53(65)46-20-8-5-9-21-46;/h4-38,40,43-44H,1-3H3;/q-2;/i4D,5D,6D,7D,8D,9D,10D,11D,12D,13D,18D,19D,20D,21D,24D,25D,28D,29D,44D;. The van der Waals surface area contributed by atoms with Crippen LogP contribution in [0.4, 0.5) is 0 Å². The van der Waals surface area contributed by atoms with Gasteiger partial charge in [-0.15, -0.1) is 29.7 Å². The minimum absolute atomic E-state index is 0. The third-order valence-electron chi connectivity index (χ3n) is 12.8. The van der Waals surface area contributed by atoms with Gasteiger partial charge < -0.3 is 18.4 Å². The van der Waals surface area contributed by atoms with Crippen LogP contribution < -0.4 is 9.30 Å². The molecule has 0 aliphatic carbocycles. The normalized spacial score (nSPS) is 16.2. The van der Waals surface area contributed by atoms with Crippen molar-refractivity contribution in [2.75, 3.05) is 0 Å². The predicted octanol–water partition coefficient (Wildman–Crippen LogP) is 15.8. The summed E-state index contributed by atoms with van der Waals surface area (Å²) < 4.78 is 181. The smallest absolute Gasteiger partial charge is 0.268 e. The van der Waals surface area contributed by atoms with Crippen LogP contribution in [0.15, 0.2) is 218 Å². The van der Waals surface area contributed by atoms with Gasteiger partial charge in [-0.25, -0.2) is 4.98 Å². The molecule has 0 N–H and O–H groups in total. The van der Waals surface area contributed by atoms with E-state index in [-0.39, 0.29) is 88.2 Å². The molecule has 4 aromatic heterocycles. The first-order valence-corrected chi connectivity index (χ1v) is 22.7. The van der Waals surface area contributed by atoms with E-state index in [1.165, 1.54) is 22.8 Å². The fourth-order valence-corrected chi connectivity index (χ4v) is 9.25. The third kappa shape index (κ3) is 7.62. The molecule has 0 aliphatic rings. The van der Waals surface area contributed by atoms with Crippen LogP contribution in [-0.2, 0) is 21.1 Å². The Kier molecular flexibility index (Phi) is 7.31. The third-order valence-corrected chi connectivity index (χ3v) is 12.8. The summed E-state index contributed by atoms with van der Waals surface area (Å²) in [5, 5.41) is 1.07. The molecule has 13 rings (SSSR count). The SMILES string of the molecule is [2H]c1c([2H])c([2H])c(-c2cccc(-c3c([2H])c([2H])c([2H])c([2H])c3[2H])c2-[n+]2[c-]n(-c3[c-]c(Oc4[c-]c5c(cc4)c4cc(-n6c7c([2H])c([2H])c([2H])c([2H])c7c7c([2H])c([2H])c([2H])c([2H])c76)ccc4n5-c4cc(C([2H])(C)C(C)C)ccn4)ccc3)c3ccccc32)c([2H])c1[2H].[Pt]. The van der Waals surface area contributed by atoms with Crippen LogP contribution in [0.1, 0.15) is 58.3 Å². The Morgan fingerprint density at radius 3 is 1.93 bits per heavy atom. The second-order valence-electron chi connectivity index (χ2n) is 17.1. The van der Waals surface area contributed by atoms with Gasteiger partial charge in [-0.05, 0) is 93.1 Å². The number of aromatic nitrogens is 5. The van der Waals surface area contributed by atoms with Gasteiger partial charge in [0.25, 0.3) is 6.33 Å². The fourth-order valence-electron chi connectivity index (χ4n) is 9.25. The van der Waals surface area contributed by atoms with Crippen molar-refractivity contribution in [2.24, 2.45) is 5.92 Å². The number of rotatable bonds is 10. The summed E-state index contributed by atoms with van der Waals surface area (Å²) in [5.41, 5.74) is 3.16. The van der Waals surface area contributed by atoms with Crippen molar-refractivity contribution in [3.8, 4) is 56.6 Å². The van der Waals surface area contributed by atoms with Crippen LogP contribution >= 0.6 is 0 Å². The Labute approximate surface area is 459 Å². The number of nitrogens with zero attached hydrogens (tertiary/aromatic N) is 5. The van der Waals surface area contributed by atoms with Crippen LogP contribution in [0.3, 0.4) is 0 Å². The minimum Gasteiger partial charge on any atom is -0.510 e. The van der Waals surface area contributed by atoms with Gasteiger partial charge in [0, 0.05) is 62.1 Å². The van der Waals surface area contributed by atoms with Gasteiger partial charge in [0.15, 0.2) is 0 Å². The van der Waals surface area contributed by atoms with Crippen molar-refractivity contribution in [2.45, 2.75) is 26.7 Å². The van der Waals surface area contributed by atoms with Gasteiger partial charge in [-0.1, -0.05) is 165 Å². The van der Waals surface area contributed by atoms with Crippen molar-refractivity contribution in [1.82, 2.24) is 18.7 Å². The maximum atomic E-state index is 9.37. The largest absolute Gasteiger partial charge is 0.510 e. The molecule has 13 aromatic rings. The fraction of sp³-hybridized carbons (Fsp3) is 0.0769. The first-order valence-electron chi connectivity index (χ1n) is 32.2. The summed E-state index contributed by atoms with van der Waals surface area (Å²) in [6.07, 6.45) is 4.99. The molecule has 0 bridgehead atoms. The van der Waals surface area contributed by atoms with Gasteiger partial charge in [0.2, 0.25) is 0 Å². The first kappa shape index (κ1) is 28.5. The van der Waals surface area contributed by atoms with Crippen LogP contribution in [0.5, 0.6) is 11.5 Å². The van der Waals surface area contributed by atoms with E-state index in [1.807, 2.05) is 31.4 Å². The van der Waals surface area contributed by atoms with Crippen molar-refractivity contribution in [1.29, 1.82) is 0 Å². The van der Waals surface area contributed by atoms with Crippen LogP contribution in [0.2, 0.25) is 0 Å². The molecule has 0 aliphatic heterocycles. The quantitative estimate of drug-likeness (QED) is 0.101. The molecule has 1 atom stereocenters. The molecule has 1 unspecified atom stereocenters. The van der Waals surface area contributed by atoms with E-state index in [2.05, 4.69) is 18.5 Å². The molecule has 0 fully saturated rings. The Hall–Kier alpha value is -8.31. The zero-order valence-corrected chi connectivity index (χ0v) is 40.7. The molecular formula is C65H47N5OPt-2. The zero-order chi connectivity index (χ0) is 64.2. The number of ether oxygens (including phenoxy) is 1. The van der Waals surface area contributed by atoms with E-state index in [4.69, 9.17) is 34.4 Å². The maximum Gasteiger partial charge on any atom is 0.268 e. The number of imidazole rings is 1. The number of para-hydroxylation sites is 5. The Morgan fingerprint density at radius 2 is 1.22 bits per heavy atom. The molecule has 7 heteroatoms. The molecule has 6 nitrogen and oxygen atoms in total. The number of pyridine rings is 1. The van der Waals surface area contributed by atoms with E-state index in [0.717, 1.165) is 0 Å². The van der Waals surface area contributed by atoms with Gasteiger partial charge in [-0.2, -0.15) is 18.2 Å². The van der Waals surface area contributed by atoms with Crippen molar-refractivity contribution < 1.29 is 56.4 Å². The average Bonchev–Trinajstić information content (AvgIpc) is 1.58. The number of benzene rings is 9. The monoisotopic (exact) mass is 1130 g/mol. The maximum absolute atomic E-state index is 9.37. The van der Waals surface area contributed by atoms with Crippen molar-refractivity contribution >= 4 is 54.6 Å². The van der Waals surface area contributed by atoms with Gasteiger partial charge in [0.1, 0.15) is 5.82 Å². The van der Waals surface area contributed by atoms with E-state index in [9.17, 15) is 1.37 Å². The molecule has 0 amide bonds. The van der Waals surface area contributed by atoms with E-state index in [1.54, 1.807) is 94.2 Å². The van der Waals surface area contributed by atoms with Gasteiger partial charge in [-0.3, -0.25) is 4.57 Å². The summed E-state index contributed by atoms with van der Waals surface area (Å²) >= 11 is 0. The summed E-state index contributed by atoms with van der Waals surface area (Å²) in [5.74, 6) is -0.303. The van der Waals surface area contributed by atoms with Crippen molar-refractivity contribution in [3.63, 3.8) is 0 Å². The Morgan fingerprint density at radius 1 is 0.569 bits per heavy atom. The van der Waals surface area contributed by atoms with Gasteiger partial charge in [0.05, 0.1) is 52.4 Å². The predicted molar refractivity (Wildman–Crippen MR) is 288 cm³/mol. The zero-order valence-electron chi connectivity index (χ0n) is 57.4. The number of hydrogen-bond donors (Lipinski definition) is 0. The first-order chi connectivity index (χ1) is 42.8. The van der Waals surface area contributed by atoms with E-state index >= 15 is 0 Å². The molecule has 0 saturated heterocycles. The summed E-state index contributed by atoms with van der Waals surface area (Å²) in [6, 6.07) is 26.2. The van der Waals surface area contributed by atoms with Crippen LogP contribution in [-0.4, -0.2) is 18.7 Å². The van der Waals surface area contributed by atoms with Gasteiger partial charge >= 0.3 is 0 Å². The second kappa shape index (κ2) is 18.5. The summed E-state index contributed by atoms with van der Waals surface area (Å²) in [4.78, 5) is 4.82. The molecule has 0 saturated carbocycles. The topological polar surface area (TPSA) is 40.8 Å². The average molecular weight is 1130 g/mol. The van der Waals surface area contributed by atoms with Crippen molar-refractivity contribution in [3.05, 3.63) is 242 Å². The number of fused-ring (bicyclic) bond motifs is 7. The Bertz CT molecular complexity index is 5090.